The molecule has 0 fully saturated rings. The number of aromatic nitrogens is 2. The van der Waals surface area contributed by atoms with E-state index < -0.39 is 10.8 Å². The Morgan fingerprint density at radius 1 is 1.28 bits per heavy atom. The van der Waals surface area contributed by atoms with Gasteiger partial charge in [-0.1, -0.05) is 6.07 Å². The van der Waals surface area contributed by atoms with Crippen LogP contribution in [0, 0.1) is 6.92 Å². The van der Waals surface area contributed by atoms with Crippen LogP contribution in [0.25, 0.3) is 0 Å². The predicted octanol–water partition coefficient (Wildman–Crippen LogP) is 2.10. The maximum Gasteiger partial charge on any atom is 0.120 e. The van der Waals surface area contributed by atoms with Crippen LogP contribution in [0.15, 0.2) is 41.6 Å². The van der Waals surface area contributed by atoms with E-state index in [1.165, 1.54) is 0 Å². The summed E-state index contributed by atoms with van der Waals surface area (Å²) in [7, 11) is 0.455. The Labute approximate surface area is 109 Å². The lowest BCUT2D eigenvalue weighted by molar-refractivity contribution is 0.413. The van der Waals surface area contributed by atoms with Crippen molar-refractivity contribution in [2.45, 2.75) is 17.6 Å². The molecule has 4 nitrogen and oxygen atoms in total. The number of ether oxygens (including phenoxy) is 1. The highest BCUT2D eigenvalue weighted by atomic mass is 32.2. The fourth-order valence-electron chi connectivity index (χ4n) is 1.45. The van der Waals surface area contributed by atoms with Gasteiger partial charge in [-0.3, -0.25) is 14.2 Å². The summed E-state index contributed by atoms with van der Waals surface area (Å²) in [5.41, 5.74) is 1.58. The molecule has 0 saturated carbocycles. The third-order valence-corrected chi connectivity index (χ3v) is 3.76. The number of rotatable bonds is 4. The molecule has 18 heavy (non-hydrogen) atoms. The summed E-state index contributed by atoms with van der Waals surface area (Å²) in [4.78, 5) is 9.07. The molecule has 2 rings (SSSR count). The second-order valence-corrected chi connectivity index (χ2v) is 5.27. The minimum absolute atomic E-state index is 0.362. The molecule has 0 radical (unpaired) electrons. The first kappa shape index (κ1) is 12.7. The number of nitrogens with zero attached hydrogens (tertiary/aromatic N) is 2. The highest BCUT2D eigenvalue weighted by Crippen LogP contribution is 2.17. The molecule has 0 aliphatic heterocycles. The van der Waals surface area contributed by atoms with Gasteiger partial charge in [0.25, 0.3) is 0 Å². The van der Waals surface area contributed by atoms with E-state index in [9.17, 15) is 4.21 Å². The van der Waals surface area contributed by atoms with Gasteiger partial charge in [-0.15, -0.1) is 0 Å². The van der Waals surface area contributed by atoms with E-state index in [0.717, 1.165) is 16.3 Å². The summed E-state index contributed by atoms with van der Waals surface area (Å²) in [5, 5.41) is 0. The summed E-state index contributed by atoms with van der Waals surface area (Å²) in [5.74, 6) is 1.07. The molecule has 0 aliphatic rings. The van der Waals surface area contributed by atoms with Gasteiger partial charge in [0.1, 0.15) is 5.75 Å². The van der Waals surface area contributed by atoms with Crippen molar-refractivity contribution in [1.29, 1.82) is 0 Å². The van der Waals surface area contributed by atoms with Gasteiger partial charge in [0.05, 0.1) is 35.1 Å². The minimum atomic E-state index is -1.14. The van der Waals surface area contributed by atoms with Crippen molar-refractivity contribution in [1.82, 2.24) is 9.97 Å². The molecule has 2 aromatic rings. The minimum Gasteiger partial charge on any atom is -0.497 e. The van der Waals surface area contributed by atoms with Crippen LogP contribution in [0.4, 0.5) is 0 Å². The van der Waals surface area contributed by atoms with E-state index in [1.54, 1.807) is 25.6 Å². The molecule has 1 atom stereocenters. The first-order valence-corrected chi connectivity index (χ1v) is 6.81. The molecule has 0 N–H and O–H groups in total. The maximum atomic E-state index is 12.2. The summed E-state index contributed by atoms with van der Waals surface area (Å²) >= 11 is 0. The van der Waals surface area contributed by atoms with Crippen molar-refractivity contribution < 1.29 is 8.95 Å². The van der Waals surface area contributed by atoms with Gasteiger partial charge in [-0.05, 0) is 25.1 Å². The molecule has 0 unspecified atom stereocenters. The molecule has 0 amide bonds. The predicted molar refractivity (Wildman–Crippen MR) is 69.9 cm³/mol. The Morgan fingerprint density at radius 2 is 2.11 bits per heavy atom. The zero-order valence-corrected chi connectivity index (χ0v) is 11.1. The Hall–Kier alpha value is -1.75. The molecule has 0 bridgehead atoms. The third-order valence-electron chi connectivity index (χ3n) is 2.42. The molecular weight excluding hydrogens is 248 g/mol. The van der Waals surface area contributed by atoms with Crippen LogP contribution in [0.5, 0.6) is 5.75 Å². The van der Waals surface area contributed by atoms with Crippen molar-refractivity contribution in [3.63, 3.8) is 0 Å². The number of aryl methyl sites for hydroxylation is 1. The maximum absolute atomic E-state index is 12.2. The molecular formula is C13H14N2O2S. The Morgan fingerprint density at radius 3 is 2.78 bits per heavy atom. The van der Waals surface area contributed by atoms with Crippen molar-refractivity contribution >= 4 is 10.8 Å². The molecule has 0 spiro atoms. The summed E-state index contributed by atoms with van der Waals surface area (Å²) in [6.45, 7) is 1.87. The lowest BCUT2D eigenvalue weighted by Crippen LogP contribution is -2.00. The quantitative estimate of drug-likeness (QED) is 0.846. The summed E-state index contributed by atoms with van der Waals surface area (Å²) in [6.07, 6.45) is 3.34. The van der Waals surface area contributed by atoms with E-state index >= 15 is 0 Å². The lowest BCUT2D eigenvalue weighted by Gasteiger charge is -2.04. The zero-order valence-electron chi connectivity index (χ0n) is 10.3. The average molecular weight is 262 g/mol. The number of hydrogen-bond donors (Lipinski definition) is 0. The first-order chi connectivity index (χ1) is 8.69. The normalized spacial score (nSPS) is 12.1. The summed E-state index contributed by atoms with van der Waals surface area (Å²) < 4.78 is 17.3. The zero-order chi connectivity index (χ0) is 13.0. The molecule has 1 aromatic heterocycles. The second-order valence-electron chi connectivity index (χ2n) is 3.82. The largest absolute Gasteiger partial charge is 0.497 e. The van der Waals surface area contributed by atoms with E-state index in [-0.39, 0.29) is 0 Å². The molecule has 94 valence electrons. The van der Waals surface area contributed by atoms with Crippen LogP contribution in [0.2, 0.25) is 0 Å². The number of benzene rings is 1. The van der Waals surface area contributed by atoms with E-state index in [4.69, 9.17) is 4.74 Å². The van der Waals surface area contributed by atoms with Crippen molar-refractivity contribution in [3.05, 3.63) is 48.0 Å². The highest BCUT2D eigenvalue weighted by Gasteiger charge is 2.07. The molecule has 1 aromatic carbocycles. The SMILES string of the molecule is COc1cccc([S@](=O)Cc2cnc(C)cn2)c1. The van der Waals surface area contributed by atoms with Gasteiger partial charge in [0, 0.05) is 17.3 Å². The first-order valence-electron chi connectivity index (χ1n) is 5.49. The average Bonchev–Trinajstić information content (AvgIpc) is 2.41. The van der Waals surface area contributed by atoms with E-state index in [0.29, 0.717) is 11.5 Å². The standard InChI is InChI=1S/C13H14N2O2S/c1-10-7-15-11(8-14-10)9-18(16)13-5-3-4-12(6-13)17-2/h3-8H,9H2,1-2H3/t18-/m1/s1. The van der Waals surface area contributed by atoms with Crippen LogP contribution in [-0.4, -0.2) is 21.3 Å². The van der Waals surface area contributed by atoms with Gasteiger partial charge < -0.3 is 4.74 Å². The summed E-state index contributed by atoms with van der Waals surface area (Å²) in [6, 6.07) is 7.25. The van der Waals surface area contributed by atoms with Crippen LogP contribution >= 0.6 is 0 Å². The topological polar surface area (TPSA) is 52.1 Å². The van der Waals surface area contributed by atoms with E-state index in [1.807, 2.05) is 25.1 Å². The Balaban J connectivity index is 2.14. The van der Waals surface area contributed by atoms with Crippen LogP contribution in [-0.2, 0) is 16.6 Å². The fraction of sp³-hybridized carbons (Fsp3) is 0.231. The third kappa shape index (κ3) is 3.13. The molecule has 5 heteroatoms. The van der Waals surface area contributed by atoms with Gasteiger partial charge in [-0.25, -0.2) is 0 Å². The number of hydrogen-bond acceptors (Lipinski definition) is 4. The van der Waals surface area contributed by atoms with Gasteiger partial charge in [0.2, 0.25) is 0 Å². The second kappa shape index (κ2) is 5.73. The van der Waals surface area contributed by atoms with E-state index in [2.05, 4.69) is 9.97 Å². The number of methoxy groups -OCH3 is 1. The van der Waals surface area contributed by atoms with Gasteiger partial charge >= 0.3 is 0 Å². The molecule has 0 saturated heterocycles. The Kier molecular flexibility index (Phi) is 4.04. The Bertz CT molecular complexity index is 555. The van der Waals surface area contributed by atoms with Crippen molar-refractivity contribution in [2.24, 2.45) is 0 Å². The monoisotopic (exact) mass is 262 g/mol. The van der Waals surface area contributed by atoms with Crippen LogP contribution < -0.4 is 4.74 Å². The van der Waals surface area contributed by atoms with Crippen molar-refractivity contribution in [3.8, 4) is 5.75 Å². The van der Waals surface area contributed by atoms with Crippen LogP contribution in [0.3, 0.4) is 0 Å². The lowest BCUT2D eigenvalue weighted by atomic mass is 10.3. The highest BCUT2D eigenvalue weighted by molar-refractivity contribution is 7.84. The van der Waals surface area contributed by atoms with Gasteiger partial charge in [0.15, 0.2) is 0 Å². The van der Waals surface area contributed by atoms with Gasteiger partial charge in [-0.2, -0.15) is 0 Å². The smallest absolute Gasteiger partial charge is 0.120 e. The molecule has 1 heterocycles. The van der Waals surface area contributed by atoms with Crippen molar-refractivity contribution in [2.75, 3.05) is 7.11 Å². The fourth-order valence-corrected chi connectivity index (χ4v) is 2.52. The van der Waals surface area contributed by atoms with Crippen LogP contribution in [0.1, 0.15) is 11.4 Å². The molecule has 0 aliphatic carbocycles.